The molecule has 0 saturated carbocycles. The van der Waals surface area contributed by atoms with E-state index in [1.165, 1.54) is 30.3 Å². The van der Waals surface area contributed by atoms with E-state index in [0.717, 1.165) is 11.3 Å². The van der Waals surface area contributed by atoms with Crippen LogP contribution >= 0.6 is 22.9 Å². The number of benzene rings is 2. The fourth-order valence-electron chi connectivity index (χ4n) is 2.36. The van der Waals surface area contributed by atoms with Crippen molar-refractivity contribution in [3.8, 4) is 0 Å². The Balaban J connectivity index is 1.97. The molecule has 130 valence electrons. The summed E-state index contributed by atoms with van der Waals surface area (Å²) < 4.78 is 37.0. The lowest BCUT2D eigenvalue weighted by Crippen LogP contribution is -2.15. The molecule has 0 aliphatic heterocycles. The van der Waals surface area contributed by atoms with E-state index in [9.17, 15) is 17.6 Å². The Morgan fingerprint density at radius 2 is 1.96 bits per heavy atom. The van der Waals surface area contributed by atoms with Gasteiger partial charge in [-0.2, -0.15) is 0 Å². The Bertz CT molecular complexity index is 1110. The third-order valence-corrected chi connectivity index (χ3v) is 6.26. The number of aryl methyl sites for hydroxylation is 1. The number of carbonyl (C=O) groups excluding carboxylic acids is 1. The summed E-state index contributed by atoms with van der Waals surface area (Å²) in [6.45, 7) is 1.60. The minimum absolute atomic E-state index is 0.0743. The second-order valence-electron chi connectivity index (χ2n) is 5.37. The summed E-state index contributed by atoms with van der Waals surface area (Å²) in [7, 11) is -3.91. The molecule has 0 spiro atoms. The first-order chi connectivity index (χ1) is 11.7. The van der Waals surface area contributed by atoms with Crippen molar-refractivity contribution in [2.24, 2.45) is 5.14 Å². The molecule has 0 radical (unpaired) electrons. The Labute approximate surface area is 152 Å². The van der Waals surface area contributed by atoms with Gasteiger partial charge in [-0.05, 0) is 42.8 Å². The van der Waals surface area contributed by atoms with Crippen LogP contribution in [0.2, 0.25) is 5.02 Å². The molecule has 0 bridgehead atoms. The number of nitrogens with two attached hydrogens (primary N) is 1. The standard InChI is InChI=1S/C16H12ClFN2O3S2/c1-8-2-4-10(7-13(8)25(19,22)23)20-16(21)15-14(17)11-5-3-9(18)6-12(11)24-15/h2-7H,1H3,(H,20,21)(H2,19,22,23). The maximum atomic E-state index is 13.3. The lowest BCUT2D eigenvalue weighted by Gasteiger charge is -2.08. The smallest absolute Gasteiger partial charge is 0.267 e. The van der Waals surface area contributed by atoms with E-state index in [1.807, 2.05) is 0 Å². The zero-order valence-corrected chi connectivity index (χ0v) is 15.2. The van der Waals surface area contributed by atoms with Crippen LogP contribution in [0.5, 0.6) is 0 Å². The molecule has 3 rings (SSSR count). The first-order valence-electron chi connectivity index (χ1n) is 6.99. The molecule has 1 aromatic heterocycles. The fraction of sp³-hybridized carbons (Fsp3) is 0.0625. The number of thiophene rings is 1. The van der Waals surface area contributed by atoms with Crippen LogP contribution in [-0.2, 0) is 10.0 Å². The van der Waals surface area contributed by atoms with Crippen molar-refractivity contribution in [2.45, 2.75) is 11.8 Å². The number of amides is 1. The molecular formula is C16H12ClFN2O3S2. The van der Waals surface area contributed by atoms with Gasteiger partial charge in [0.25, 0.3) is 5.91 Å². The summed E-state index contributed by atoms with van der Waals surface area (Å²) in [6.07, 6.45) is 0. The van der Waals surface area contributed by atoms with Gasteiger partial charge < -0.3 is 5.32 Å². The monoisotopic (exact) mass is 398 g/mol. The van der Waals surface area contributed by atoms with Gasteiger partial charge in [0.1, 0.15) is 10.7 Å². The summed E-state index contributed by atoms with van der Waals surface area (Å²) >= 11 is 7.26. The van der Waals surface area contributed by atoms with E-state index >= 15 is 0 Å². The molecule has 1 amide bonds. The number of fused-ring (bicyclic) bond motifs is 1. The van der Waals surface area contributed by atoms with Crippen LogP contribution in [0, 0.1) is 12.7 Å². The van der Waals surface area contributed by atoms with Gasteiger partial charge in [-0.25, -0.2) is 17.9 Å². The summed E-state index contributed by atoms with van der Waals surface area (Å²) in [4.78, 5) is 12.6. The summed E-state index contributed by atoms with van der Waals surface area (Å²) in [5.74, 6) is -0.940. The number of hydrogen-bond acceptors (Lipinski definition) is 4. The highest BCUT2D eigenvalue weighted by molar-refractivity contribution is 7.89. The number of sulfonamides is 1. The Kier molecular flexibility index (Phi) is 4.54. The van der Waals surface area contributed by atoms with Crippen LogP contribution in [0.25, 0.3) is 10.1 Å². The Morgan fingerprint density at radius 1 is 1.24 bits per heavy atom. The molecule has 0 fully saturated rings. The van der Waals surface area contributed by atoms with Crippen LogP contribution in [0.15, 0.2) is 41.3 Å². The largest absolute Gasteiger partial charge is 0.321 e. The van der Waals surface area contributed by atoms with Crippen molar-refractivity contribution in [2.75, 3.05) is 5.32 Å². The second-order valence-corrected chi connectivity index (χ2v) is 8.33. The van der Waals surface area contributed by atoms with Gasteiger partial charge in [-0.1, -0.05) is 17.7 Å². The molecule has 2 aromatic carbocycles. The van der Waals surface area contributed by atoms with Crippen molar-refractivity contribution in [1.82, 2.24) is 0 Å². The van der Waals surface area contributed by atoms with Crippen LogP contribution in [0.3, 0.4) is 0 Å². The number of halogens is 2. The third-order valence-electron chi connectivity index (χ3n) is 3.55. The molecule has 9 heteroatoms. The van der Waals surface area contributed by atoms with E-state index in [-0.39, 0.29) is 20.5 Å². The third kappa shape index (κ3) is 3.52. The van der Waals surface area contributed by atoms with Gasteiger partial charge in [-0.3, -0.25) is 4.79 Å². The minimum Gasteiger partial charge on any atom is -0.321 e. The normalized spacial score (nSPS) is 11.7. The fourth-order valence-corrected chi connectivity index (χ4v) is 4.60. The Hall–Kier alpha value is -2.00. The summed E-state index contributed by atoms with van der Waals surface area (Å²) in [5, 5.41) is 8.55. The molecule has 0 atom stereocenters. The zero-order valence-electron chi connectivity index (χ0n) is 12.8. The topological polar surface area (TPSA) is 89.3 Å². The predicted octanol–water partition coefficient (Wildman–Crippen LogP) is 3.90. The number of rotatable bonds is 3. The van der Waals surface area contributed by atoms with Crippen LogP contribution in [0.1, 0.15) is 15.2 Å². The molecule has 3 N–H and O–H groups in total. The van der Waals surface area contributed by atoms with Gasteiger partial charge in [0.2, 0.25) is 10.0 Å². The molecule has 5 nitrogen and oxygen atoms in total. The first kappa shape index (κ1) is 17.8. The average molecular weight is 399 g/mol. The van der Waals surface area contributed by atoms with Gasteiger partial charge in [0.05, 0.1) is 9.92 Å². The van der Waals surface area contributed by atoms with Crippen LogP contribution in [-0.4, -0.2) is 14.3 Å². The number of primary sulfonamides is 1. The van der Waals surface area contributed by atoms with Gasteiger partial charge in [0.15, 0.2) is 0 Å². The maximum absolute atomic E-state index is 13.3. The summed E-state index contributed by atoms with van der Waals surface area (Å²) in [6, 6.07) is 8.45. The van der Waals surface area contributed by atoms with Crippen LogP contribution < -0.4 is 10.5 Å². The molecular weight excluding hydrogens is 387 g/mol. The maximum Gasteiger partial charge on any atom is 0.267 e. The molecule has 3 aromatic rings. The lowest BCUT2D eigenvalue weighted by molar-refractivity contribution is 0.103. The molecule has 0 aliphatic carbocycles. The molecule has 0 aliphatic rings. The highest BCUT2D eigenvalue weighted by Crippen LogP contribution is 2.36. The minimum atomic E-state index is -3.91. The average Bonchev–Trinajstić information content (AvgIpc) is 2.84. The zero-order chi connectivity index (χ0) is 18.4. The lowest BCUT2D eigenvalue weighted by atomic mass is 10.2. The summed E-state index contributed by atoms with van der Waals surface area (Å²) in [5.41, 5.74) is 0.732. The highest BCUT2D eigenvalue weighted by Gasteiger charge is 2.19. The molecule has 1 heterocycles. The van der Waals surface area contributed by atoms with Crippen molar-refractivity contribution in [1.29, 1.82) is 0 Å². The van der Waals surface area contributed by atoms with Crippen molar-refractivity contribution in [3.05, 3.63) is 57.7 Å². The van der Waals surface area contributed by atoms with Gasteiger partial charge in [0, 0.05) is 15.8 Å². The molecule has 0 unspecified atom stereocenters. The second kappa shape index (κ2) is 6.38. The van der Waals surface area contributed by atoms with Crippen molar-refractivity contribution >= 4 is 54.6 Å². The SMILES string of the molecule is Cc1ccc(NC(=O)c2sc3cc(F)ccc3c2Cl)cc1S(N)(=O)=O. The van der Waals surface area contributed by atoms with Gasteiger partial charge in [-0.15, -0.1) is 11.3 Å². The van der Waals surface area contributed by atoms with E-state index in [4.69, 9.17) is 16.7 Å². The van der Waals surface area contributed by atoms with Crippen molar-refractivity contribution in [3.63, 3.8) is 0 Å². The molecule has 0 saturated heterocycles. The highest BCUT2D eigenvalue weighted by atomic mass is 35.5. The number of hydrogen-bond donors (Lipinski definition) is 2. The number of anilines is 1. The Morgan fingerprint density at radius 3 is 2.64 bits per heavy atom. The quantitative estimate of drug-likeness (QED) is 0.701. The van der Waals surface area contributed by atoms with Gasteiger partial charge >= 0.3 is 0 Å². The predicted molar refractivity (Wildman–Crippen MR) is 97.3 cm³/mol. The van der Waals surface area contributed by atoms with Crippen LogP contribution in [0.4, 0.5) is 10.1 Å². The van der Waals surface area contributed by atoms with E-state index in [2.05, 4.69) is 5.32 Å². The number of carbonyl (C=O) groups is 1. The van der Waals surface area contributed by atoms with E-state index in [1.54, 1.807) is 13.0 Å². The number of nitrogens with one attached hydrogen (secondary N) is 1. The first-order valence-corrected chi connectivity index (χ1v) is 9.73. The molecule has 25 heavy (non-hydrogen) atoms. The van der Waals surface area contributed by atoms with E-state index in [0.29, 0.717) is 15.6 Å². The van der Waals surface area contributed by atoms with E-state index < -0.39 is 21.7 Å². The van der Waals surface area contributed by atoms with Crippen molar-refractivity contribution < 1.29 is 17.6 Å².